The van der Waals surface area contributed by atoms with Crippen LogP contribution in [0.1, 0.15) is 281 Å². The van der Waals surface area contributed by atoms with Crippen molar-refractivity contribution in [3.8, 4) is 0 Å². The minimum atomic E-state index is -0.0397. The highest BCUT2D eigenvalue weighted by Gasteiger charge is 2.55. The molecule has 3 unspecified atom stereocenters. The van der Waals surface area contributed by atoms with Crippen molar-refractivity contribution in [1.29, 1.82) is 0 Å². The molecule has 9 fully saturated rings. The largest absolute Gasteiger partial charge is 0.313 e. The van der Waals surface area contributed by atoms with Gasteiger partial charge < -0.3 is 20.8 Å². The fraction of sp³-hybridized carbons (Fsp3) is 1.00. The summed E-state index contributed by atoms with van der Waals surface area (Å²) >= 11 is 0. The molecule has 0 amide bonds. The Kier molecular flexibility index (Phi) is 17.1. The van der Waals surface area contributed by atoms with Gasteiger partial charge in [-0.2, -0.15) is 20.3 Å². The fourth-order valence-corrected chi connectivity index (χ4v) is 17.3. The first-order chi connectivity index (χ1) is 29.6. The summed E-state index contributed by atoms with van der Waals surface area (Å²) in [6, 6.07) is 0. The van der Waals surface area contributed by atoms with Crippen LogP contribution >= 0.6 is 0 Å². The Hall–Kier alpha value is -0.320. The molecule has 0 bridgehead atoms. The molecule has 4 saturated heterocycles. The maximum absolute atomic E-state index is 11.0. The first-order valence-corrected chi connectivity index (χ1v) is 27.5. The first kappa shape index (κ1) is 52.1. The molecule has 4 heterocycles. The van der Waals surface area contributed by atoms with Gasteiger partial charge in [0.25, 0.3) is 0 Å². The highest BCUT2D eigenvalue weighted by Crippen LogP contribution is 2.53. The lowest BCUT2D eigenvalue weighted by molar-refractivity contribution is -0.285. The molecular formula is C55H104N4O4. The van der Waals surface area contributed by atoms with E-state index < -0.39 is 0 Å². The summed E-state index contributed by atoms with van der Waals surface area (Å²) in [5.74, 6) is 3.05. The monoisotopic (exact) mass is 885 g/mol. The summed E-state index contributed by atoms with van der Waals surface area (Å²) in [5.41, 5.74) is 0.526. The SMILES string of the molecule is CC1CC(C)(C)N(O)C2(CCCC2)C1.CC1CC(C)(C)N(O)C2(CCCCC2)C1.CC1CC(C)(C)N(O)C2(CCCCCC2)C1.CC1CC2(CCCCC2)N(O)C2(CCCCC2)C1. The van der Waals surface area contributed by atoms with Gasteiger partial charge in [0.1, 0.15) is 0 Å². The van der Waals surface area contributed by atoms with Crippen LogP contribution in [-0.4, -0.2) is 85.4 Å². The zero-order valence-electron chi connectivity index (χ0n) is 43.2. The fourth-order valence-electron chi connectivity index (χ4n) is 17.3. The standard InChI is InChI=1S/C16H29NO.C14H27NO.C13H25NO.C12H23NO/c1-14-12-15(8-4-2-5-9-15)17(18)16(13-14)10-6-3-7-11-16;1-12-10-13(2,3)15(16)14(11-12)8-6-4-5-7-9-14;1-11-9-12(2,3)14(15)13(10-11)7-5-4-6-8-13;1-10-8-11(2,3)13(14)12(9-10)6-4-5-7-12/h14,18H,2-13H2,1H3;12,16H,4-11H2,1-3H3;11,15H,4-10H2,1-3H3;10,14H,4-9H2,1-3H3. The molecule has 4 N–H and O–H groups in total. The molecule has 0 aromatic heterocycles. The molecular weight excluding hydrogens is 781 g/mol. The van der Waals surface area contributed by atoms with E-state index in [1.54, 1.807) is 15.2 Å². The molecule has 8 nitrogen and oxygen atoms in total. The summed E-state index contributed by atoms with van der Waals surface area (Å²) in [6.45, 7) is 22.5. The molecule has 3 atom stereocenters. The highest BCUT2D eigenvalue weighted by molar-refractivity contribution is 5.07. The van der Waals surface area contributed by atoms with E-state index in [1.807, 2.05) is 5.06 Å². The molecule has 0 aromatic rings. The molecule has 9 rings (SSSR count). The maximum Gasteiger partial charge on any atom is 0.0469 e. The number of hydrogen-bond acceptors (Lipinski definition) is 8. The van der Waals surface area contributed by atoms with Crippen LogP contribution in [0.25, 0.3) is 0 Å². The van der Waals surface area contributed by atoms with Gasteiger partial charge >= 0.3 is 0 Å². The third-order valence-corrected chi connectivity index (χ3v) is 19.1. The van der Waals surface area contributed by atoms with Crippen molar-refractivity contribution in [2.24, 2.45) is 23.7 Å². The van der Waals surface area contributed by atoms with E-state index in [-0.39, 0.29) is 44.3 Å². The van der Waals surface area contributed by atoms with Gasteiger partial charge in [0.15, 0.2) is 0 Å². The Balaban J connectivity index is 0.000000140. The number of hydrogen-bond donors (Lipinski definition) is 4. The van der Waals surface area contributed by atoms with Gasteiger partial charge in [-0.15, -0.1) is 0 Å². The molecule has 0 aromatic carbocycles. The lowest BCUT2D eigenvalue weighted by atomic mass is 9.64. The van der Waals surface area contributed by atoms with Crippen molar-refractivity contribution >= 4 is 0 Å². The number of rotatable bonds is 0. The minimum absolute atomic E-state index is 0.0258. The van der Waals surface area contributed by atoms with Crippen molar-refractivity contribution in [3.05, 3.63) is 0 Å². The Morgan fingerprint density at radius 3 is 0.635 bits per heavy atom. The summed E-state index contributed by atoms with van der Waals surface area (Å²) in [4.78, 5) is 0. The second-order valence-electron chi connectivity index (χ2n) is 26.7. The second kappa shape index (κ2) is 20.7. The van der Waals surface area contributed by atoms with Crippen LogP contribution in [-0.2, 0) is 0 Å². The molecule has 5 aliphatic carbocycles. The van der Waals surface area contributed by atoms with E-state index in [0.29, 0.717) is 0 Å². The lowest BCUT2D eigenvalue weighted by Crippen LogP contribution is -2.64. The van der Waals surface area contributed by atoms with E-state index in [2.05, 4.69) is 69.2 Å². The summed E-state index contributed by atoms with van der Waals surface area (Å²) in [5, 5.41) is 49.5. The summed E-state index contributed by atoms with van der Waals surface area (Å²) < 4.78 is 0. The molecule has 8 heteroatoms. The molecule has 9 aliphatic rings. The van der Waals surface area contributed by atoms with E-state index in [9.17, 15) is 20.8 Å². The number of hydroxylamine groups is 8. The molecule has 5 spiro atoms. The topological polar surface area (TPSA) is 93.9 Å². The van der Waals surface area contributed by atoms with Crippen LogP contribution in [0.2, 0.25) is 0 Å². The van der Waals surface area contributed by atoms with Crippen LogP contribution in [0.15, 0.2) is 0 Å². The summed E-state index contributed by atoms with van der Waals surface area (Å²) in [7, 11) is 0. The van der Waals surface area contributed by atoms with Gasteiger partial charge in [-0.25, -0.2) is 0 Å². The Bertz CT molecular complexity index is 1370. The zero-order valence-corrected chi connectivity index (χ0v) is 43.2. The predicted octanol–water partition coefficient (Wildman–Crippen LogP) is 15.3. The van der Waals surface area contributed by atoms with Crippen LogP contribution in [0.5, 0.6) is 0 Å². The van der Waals surface area contributed by atoms with Crippen molar-refractivity contribution < 1.29 is 20.8 Å². The Morgan fingerprint density at radius 1 is 0.254 bits per heavy atom. The average Bonchev–Trinajstić information content (AvgIpc) is 3.56. The summed E-state index contributed by atoms with van der Waals surface area (Å²) in [6.07, 6.45) is 41.3. The van der Waals surface area contributed by atoms with Crippen molar-refractivity contribution in [2.75, 3.05) is 0 Å². The lowest BCUT2D eigenvalue weighted by Gasteiger charge is -2.59. The minimum Gasteiger partial charge on any atom is -0.313 e. The predicted molar refractivity (Wildman–Crippen MR) is 259 cm³/mol. The van der Waals surface area contributed by atoms with Crippen LogP contribution in [0, 0.1) is 23.7 Å². The van der Waals surface area contributed by atoms with Crippen LogP contribution in [0.4, 0.5) is 0 Å². The molecule has 4 aliphatic heterocycles. The van der Waals surface area contributed by atoms with E-state index >= 15 is 0 Å². The van der Waals surface area contributed by atoms with Crippen LogP contribution in [0.3, 0.4) is 0 Å². The smallest absolute Gasteiger partial charge is 0.0469 e. The zero-order chi connectivity index (χ0) is 46.0. The van der Waals surface area contributed by atoms with Crippen molar-refractivity contribution in [1.82, 2.24) is 20.3 Å². The van der Waals surface area contributed by atoms with Gasteiger partial charge in [-0.05, 0) is 181 Å². The van der Waals surface area contributed by atoms with Crippen molar-refractivity contribution in [3.63, 3.8) is 0 Å². The van der Waals surface area contributed by atoms with Gasteiger partial charge in [0.2, 0.25) is 0 Å². The van der Waals surface area contributed by atoms with Crippen molar-refractivity contribution in [2.45, 2.75) is 325 Å². The Labute approximate surface area is 388 Å². The quantitative estimate of drug-likeness (QED) is 0.191. The number of nitrogens with zero attached hydrogens (tertiary/aromatic N) is 4. The third kappa shape index (κ3) is 11.6. The van der Waals surface area contributed by atoms with Crippen LogP contribution < -0.4 is 0 Å². The highest BCUT2D eigenvalue weighted by atomic mass is 16.5. The second-order valence-corrected chi connectivity index (χ2v) is 26.7. The third-order valence-electron chi connectivity index (χ3n) is 19.1. The van der Waals surface area contributed by atoms with Gasteiger partial charge in [-0.3, -0.25) is 0 Å². The molecule has 63 heavy (non-hydrogen) atoms. The van der Waals surface area contributed by atoms with Gasteiger partial charge in [0.05, 0.1) is 0 Å². The molecule has 368 valence electrons. The van der Waals surface area contributed by atoms with E-state index in [4.69, 9.17) is 0 Å². The van der Waals surface area contributed by atoms with Gasteiger partial charge in [-0.1, -0.05) is 124 Å². The molecule has 5 saturated carbocycles. The van der Waals surface area contributed by atoms with E-state index in [0.717, 1.165) is 42.9 Å². The van der Waals surface area contributed by atoms with E-state index in [1.165, 1.54) is 193 Å². The molecule has 0 radical (unpaired) electrons. The Morgan fingerprint density at radius 2 is 0.413 bits per heavy atom. The first-order valence-electron chi connectivity index (χ1n) is 27.5. The normalized spacial score (nSPS) is 34.9. The number of piperidine rings is 4. The van der Waals surface area contributed by atoms with Gasteiger partial charge in [0, 0.05) is 44.3 Å². The maximum atomic E-state index is 11.0. The average molecular weight is 885 g/mol.